The van der Waals surface area contributed by atoms with Crippen molar-refractivity contribution < 1.29 is 0 Å². The van der Waals surface area contributed by atoms with Gasteiger partial charge in [-0.3, -0.25) is 0 Å². The number of rotatable bonds is 3. The van der Waals surface area contributed by atoms with Gasteiger partial charge in [0.25, 0.3) is 0 Å². The van der Waals surface area contributed by atoms with Gasteiger partial charge < -0.3 is 10.6 Å². The van der Waals surface area contributed by atoms with Crippen LogP contribution in [0.25, 0.3) is 0 Å². The Bertz CT molecular complexity index is 148. The fraction of sp³-hybridized carbons (Fsp3) is 1.00. The molecule has 0 aromatic carbocycles. The maximum Gasteiger partial charge on any atom is 0.0319 e. The van der Waals surface area contributed by atoms with E-state index < -0.39 is 0 Å². The summed E-state index contributed by atoms with van der Waals surface area (Å²) in [5.41, 5.74) is 0. The van der Waals surface area contributed by atoms with Crippen LogP contribution < -0.4 is 10.6 Å². The molecule has 2 fully saturated rings. The van der Waals surface area contributed by atoms with Gasteiger partial charge in [-0.2, -0.15) is 0 Å². The van der Waals surface area contributed by atoms with E-state index in [1.165, 1.54) is 45.2 Å². The highest BCUT2D eigenvalue weighted by Crippen LogP contribution is 2.26. The first-order chi connectivity index (χ1) is 6.36. The average Bonchev–Trinajstić information content (AvgIpc) is 2.12. The molecule has 1 heterocycles. The Hall–Kier alpha value is -0.0800. The molecule has 2 rings (SSSR count). The van der Waals surface area contributed by atoms with E-state index >= 15 is 0 Å². The summed E-state index contributed by atoms with van der Waals surface area (Å²) in [5.74, 6) is 0.953. The van der Waals surface area contributed by atoms with Crippen LogP contribution in [0.3, 0.4) is 0 Å². The monoisotopic (exact) mass is 182 g/mol. The molecule has 2 heteroatoms. The van der Waals surface area contributed by atoms with Crippen molar-refractivity contribution in [3.05, 3.63) is 0 Å². The minimum absolute atomic E-state index is 0.743. The largest absolute Gasteiger partial charge is 0.314 e. The highest BCUT2D eigenvalue weighted by atomic mass is 15.1. The zero-order valence-corrected chi connectivity index (χ0v) is 8.68. The molecule has 1 aliphatic carbocycles. The molecule has 1 saturated carbocycles. The van der Waals surface area contributed by atoms with Gasteiger partial charge in [-0.15, -0.1) is 0 Å². The van der Waals surface area contributed by atoms with Gasteiger partial charge in [-0.1, -0.05) is 19.3 Å². The summed E-state index contributed by atoms with van der Waals surface area (Å²) in [4.78, 5) is 0. The quantitative estimate of drug-likeness (QED) is 0.691. The van der Waals surface area contributed by atoms with E-state index in [4.69, 9.17) is 0 Å². The highest BCUT2D eigenvalue weighted by Gasteiger charge is 2.24. The topological polar surface area (TPSA) is 24.1 Å². The van der Waals surface area contributed by atoms with Crippen LogP contribution in [0, 0.1) is 5.92 Å². The van der Waals surface area contributed by atoms with Crippen LogP contribution in [0.1, 0.15) is 39.0 Å². The highest BCUT2D eigenvalue weighted by molar-refractivity contribution is 4.86. The molecule has 13 heavy (non-hydrogen) atoms. The van der Waals surface area contributed by atoms with Gasteiger partial charge in [-0.05, 0) is 25.7 Å². The average molecular weight is 182 g/mol. The van der Waals surface area contributed by atoms with Crippen molar-refractivity contribution in [3.63, 3.8) is 0 Å². The lowest BCUT2D eigenvalue weighted by atomic mass is 9.84. The van der Waals surface area contributed by atoms with Crippen molar-refractivity contribution in [3.8, 4) is 0 Å². The second-order valence-corrected chi connectivity index (χ2v) is 4.71. The summed E-state index contributed by atoms with van der Waals surface area (Å²) in [6.07, 6.45) is 7.29. The summed E-state index contributed by atoms with van der Waals surface area (Å²) < 4.78 is 0. The minimum atomic E-state index is 0.743. The molecule has 0 amide bonds. The molecule has 1 atom stereocenters. The maximum atomic E-state index is 3.72. The van der Waals surface area contributed by atoms with Gasteiger partial charge in [0.05, 0.1) is 0 Å². The Morgan fingerprint density at radius 3 is 2.38 bits per heavy atom. The first-order valence-electron chi connectivity index (χ1n) is 5.83. The molecule has 2 N–H and O–H groups in total. The smallest absolute Gasteiger partial charge is 0.0319 e. The van der Waals surface area contributed by atoms with Crippen LogP contribution in [0.5, 0.6) is 0 Å². The third-order valence-corrected chi connectivity index (χ3v) is 3.64. The Morgan fingerprint density at radius 2 is 1.85 bits per heavy atom. The third kappa shape index (κ3) is 2.44. The number of nitrogens with one attached hydrogen (secondary N) is 2. The number of hydrogen-bond donors (Lipinski definition) is 2. The van der Waals surface area contributed by atoms with Crippen molar-refractivity contribution in [1.82, 2.24) is 10.6 Å². The Balaban J connectivity index is 1.70. The molecule has 1 unspecified atom stereocenters. The van der Waals surface area contributed by atoms with Crippen molar-refractivity contribution in [2.24, 2.45) is 5.92 Å². The Kier molecular flexibility index (Phi) is 3.23. The zero-order chi connectivity index (χ0) is 9.10. The van der Waals surface area contributed by atoms with E-state index in [2.05, 4.69) is 17.6 Å². The summed E-state index contributed by atoms with van der Waals surface area (Å²) in [6, 6.07) is 1.50. The van der Waals surface area contributed by atoms with Crippen LogP contribution >= 0.6 is 0 Å². The van der Waals surface area contributed by atoms with Gasteiger partial charge >= 0.3 is 0 Å². The fourth-order valence-electron chi connectivity index (χ4n) is 2.55. The van der Waals surface area contributed by atoms with Crippen LogP contribution in [0.2, 0.25) is 0 Å². The Morgan fingerprint density at radius 1 is 1.15 bits per heavy atom. The molecule has 1 saturated heterocycles. The van der Waals surface area contributed by atoms with E-state index in [1.807, 2.05) is 0 Å². The van der Waals surface area contributed by atoms with Gasteiger partial charge in [0, 0.05) is 25.2 Å². The van der Waals surface area contributed by atoms with E-state index in [0.29, 0.717) is 0 Å². The van der Waals surface area contributed by atoms with Gasteiger partial charge in [-0.25, -0.2) is 0 Å². The van der Waals surface area contributed by atoms with E-state index in [0.717, 1.165) is 18.0 Å². The minimum Gasteiger partial charge on any atom is -0.314 e. The van der Waals surface area contributed by atoms with E-state index in [-0.39, 0.29) is 0 Å². The molecule has 0 aromatic rings. The van der Waals surface area contributed by atoms with Gasteiger partial charge in [0.2, 0.25) is 0 Å². The van der Waals surface area contributed by atoms with E-state index in [9.17, 15) is 0 Å². The van der Waals surface area contributed by atoms with Gasteiger partial charge in [0.1, 0.15) is 0 Å². The lowest BCUT2D eigenvalue weighted by Gasteiger charge is -2.35. The second-order valence-electron chi connectivity index (χ2n) is 4.71. The summed E-state index contributed by atoms with van der Waals surface area (Å²) in [6.45, 7) is 4.72. The predicted molar refractivity (Wildman–Crippen MR) is 55.8 cm³/mol. The lowest BCUT2D eigenvalue weighted by Crippen LogP contribution is -2.58. The molecule has 0 radical (unpaired) electrons. The second kappa shape index (κ2) is 4.43. The van der Waals surface area contributed by atoms with Crippen LogP contribution in [-0.4, -0.2) is 25.2 Å². The molecule has 76 valence electrons. The molecular formula is C11H22N2. The van der Waals surface area contributed by atoms with Crippen molar-refractivity contribution in [2.75, 3.05) is 13.1 Å². The van der Waals surface area contributed by atoms with Crippen LogP contribution in [0.15, 0.2) is 0 Å². The maximum absolute atomic E-state index is 3.72. The SMILES string of the molecule is CC(NC1CNC1)C1CCCCC1. The molecule has 0 aromatic heterocycles. The standard InChI is InChI=1S/C11H22N2/c1-9(13-11-7-12-8-11)10-5-3-2-4-6-10/h9-13H,2-8H2,1H3. The molecule has 2 aliphatic rings. The van der Waals surface area contributed by atoms with Crippen molar-refractivity contribution in [2.45, 2.75) is 51.1 Å². The van der Waals surface area contributed by atoms with E-state index in [1.54, 1.807) is 0 Å². The lowest BCUT2D eigenvalue weighted by molar-refractivity contribution is 0.238. The molecular weight excluding hydrogens is 160 g/mol. The van der Waals surface area contributed by atoms with Gasteiger partial charge in [0.15, 0.2) is 0 Å². The zero-order valence-electron chi connectivity index (χ0n) is 8.68. The molecule has 0 spiro atoms. The first-order valence-corrected chi connectivity index (χ1v) is 5.83. The molecule has 0 bridgehead atoms. The normalized spacial score (nSPS) is 28.4. The number of hydrogen-bond acceptors (Lipinski definition) is 2. The fourth-order valence-corrected chi connectivity index (χ4v) is 2.55. The predicted octanol–water partition coefficient (Wildman–Crippen LogP) is 1.52. The summed E-state index contributed by atoms with van der Waals surface area (Å²) >= 11 is 0. The summed E-state index contributed by atoms with van der Waals surface area (Å²) in [7, 11) is 0. The first kappa shape index (κ1) is 9.47. The van der Waals surface area contributed by atoms with Crippen molar-refractivity contribution >= 4 is 0 Å². The van der Waals surface area contributed by atoms with Crippen molar-refractivity contribution in [1.29, 1.82) is 0 Å². The molecule has 2 nitrogen and oxygen atoms in total. The third-order valence-electron chi connectivity index (χ3n) is 3.64. The summed E-state index contributed by atoms with van der Waals surface area (Å²) in [5, 5.41) is 7.03. The Labute approximate surface area is 81.5 Å². The van der Waals surface area contributed by atoms with Crippen LogP contribution in [0.4, 0.5) is 0 Å². The molecule has 1 aliphatic heterocycles. The van der Waals surface area contributed by atoms with Crippen LogP contribution in [-0.2, 0) is 0 Å².